The number of hydrogen-bond acceptors (Lipinski definition) is 12. The summed E-state index contributed by atoms with van der Waals surface area (Å²) in [5.41, 5.74) is 8.35. The van der Waals surface area contributed by atoms with E-state index < -0.39 is 0 Å². The molecular formula is C58H50Cl2Cu2N6O6+2. The number of halogens is 2. The van der Waals surface area contributed by atoms with Gasteiger partial charge in [0, 0.05) is 86.7 Å². The van der Waals surface area contributed by atoms with Crippen LogP contribution >= 0.6 is 20.2 Å². The number of aromatic nitrogens is 4. The van der Waals surface area contributed by atoms with Crippen molar-refractivity contribution in [3.05, 3.63) is 273 Å². The van der Waals surface area contributed by atoms with Gasteiger partial charge in [-0.15, -0.1) is 0 Å². The van der Waals surface area contributed by atoms with Crippen LogP contribution in [0.4, 0.5) is 0 Å². The van der Waals surface area contributed by atoms with Crippen molar-refractivity contribution in [3.8, 4) is 11.5 Å². The van der Waals surface area contributed by atoms with Crippen molar-refractivity contribution < 1.29 is 48.5 Å². The van der Waals surface area contributed by atoms with Crippen molar-refractivity contribution in [2.75, 3.05) is 0 Å². The van der Waals surface area contributed by atoms with Gasteiger partial charge < -0.3 is 18.3 Å². The first kappa shape index (κ1) is 54.8. The van der Waals surface area contributed by atoms with Crippen LogP contribution in [0.1, 0.15) is 45.3 Å². The van der Waals surface area contributed by atoms with Gasteiger partial charge in [0.1, 0.15) is 35.9 Å². The molecule has 0 atom stereocenters. The summed E-state index contributed by atoms with van der Waals surface area (Å²) in [7, 11) is 9.34. The van der Waals surface area contributed by atoms with Gasteiger partial charge in [0.05, 0.1) is 34.2 Å². The topological polar surface area (TPSA) is 137 Å². The fourth-order valence-corrected chi connectivity index (χ4v) is 7.89. The summed E-state index contributed by atoms with van der Waals surface area (Å²) in [6.07, 6.45) is 3.65. The van der Waals surface area contributed by atoms with Gasteiger partial charge in [0.2, 0.25) is 0 Å². The Hall–Kier alpha value is -6.96. The molecule has 10 rings (SSSR count). The molecule has 16 heteroatoms. The molecule has 0 fully saturated rings. The summed E-state index contributed by atoms with van der Waals surface area (Å²) in [6, 6.07) is 62.0. The van der Waals surface area contributed by atoms with Gasteiger partial charge in [0.15, 0.2) is 0 Å². The van der Waals surface area contributed by atoms with Crippen molar-refractivity contribution in [1.29, 1.82) is 0 Å². The fourth-order valence-electron chi connectivity index (χ4n) is 7.89. The number of hydrogen-bond donors (Lipinski definition) is 0. The van der Waals surface area contributed by atoms with Crippen LogP contribution in [0.5, 0.6) is 11.5 Å². The Morgan fingerprint density at radius 2 is 0.784 bits per heavy atom. The average Bonchev–Trinajstić information content (AvgIpc) is 3.41. The Kier molecular flexibility index (Phi) is 21.5. The van der Waals surface area contributed by atoms with Crippen molar-refractivity contribution in [1.82, 2.24) is 29.7 Å². The Morgan fingerprint density at radius 3 is 1.19 bits per heavy atom. The van der Waals surface area contributed by atoms with E-state index in [2.05, 4.69) is 88.5 Å². The molecule has 0 bridgehead atoms. The van der Waals surface area contributed by atoms with Crippen LogP contribution < -0.4 is 20.7 Å². The molecule has 0 amide bonds. The Labute approximate surface area is 454 Å². The minimum absolute atomic E-state index is 0. The van der Waals surface area contributed by atoms with Gasteiger partial charge in [-0.05, 0) is 96.1 Å². The normalized spacial score (nSPS) is 10.8. The quantitative estimate of drug-likeness (QED) is 0.0597. The largest absolute Gasteiger partial charge is 2.00 e. The van der Waals surface area contributed by atoms with E-state index in [-0.39, 0.29) is 28.3 Å². The molecule has 6 aromatic heterocycles. The molecule has 382 valence electrons. The van der Waals surface area contributed by atoms with E-state index in [9.17, 15) is 9.59 Å². The molecule has 4 aromatic carbocycles. The molecule has 0 aliphatic rings. The van der Waals surface area contributed by atoms with Crippen LogP contribution in [0.15, 0.2) is 225 Å². The molecule has 0 saturated heterocycles. The Bertz CT molecular complexity index is 3090. The number of nitrogens with zero attached hydrogens (tertiary/aromatic N) is 6. The third-order valence-corrected chi connectivity index (χ3v) is 11.2. The first-order valence-electron chi connectivity index (χ1n) is 23.2. The van der Waals surface area contributed by atoms with E-state index in [4.69, 9.17) is 28.3 Å². The zero-order chi connectivity index (χ0) is 50.5. The number of fused-ring (bicyclic) bond motifs is 2. The first-order chi connectivity index (χ1) is 35.8. The summed E-state index contributed by atoms with van der Waals surface area (Å²) < 4.78 is 22.4. The van der Waals surface area contributed by atoms with Crippen molar-refractivity contribution in [2.45, 2.75) is 52.5 Å². The van der Waals surface area contributed by atoms with Crippen molar-refractivity contribution >= 4 is 42.1 Å². The third-order valence-electron chi connectivity index (χ3n) is 11.2. The van der Waals surface area contributed by atoms with E-state index in [1.807, 2.05) is 122 Å². The van der Waals surface area contributed by atoms with E-state index >= 15 is 0 Å². The first-order valence-corrected chi connectivity index (χ1v) is 25.8. The average molecular weight is 1130 g/mol. The fraction of sp³-hybridized carbons (Fsp3) is 0.138. The zero-order valence-corrected chi connectivity index (χ0v) is 43.2. The summed E-state index contributed by atoms with van der Waals surface area (Å²) in [5.74, 6) is 1.25. The minimum atomic E-state index is -0.380. The molecule has 0 aliphatic heterocycles. The minimum Gasteiger partial charge on any atom is 2.00 e. The molecule has 1 radical (unpaired) electrons. The third kappa shape index (κ3) is 17.6. The maximum Gasteiger partial charge on any atom is 2.00 e. The second-order valence-corrected chi connectivity index (χ2v) is 18.2. The van der Waals surface area contributed by atoms with Crippen LogP contribution in [-0.2, 0) is 82.7 Å². The number of ether oxygens (including phenoxy) is 2. The molecule has 0 saturated carbocycles. The number of pyridine rings is 4. The van der Waals surface area contributed by atoms with E-state index in [0.29, 0.717) is 49.0 Å². The summed E-state index contributed by atoms with van der Waals surface area (Å²) in [5, 5.41) is 1.70. The standard InChI is InChI=1S/2C29H25N3O3.2ClH.2Cu/c2*33-29-15-13-23-12-14-27(17-28(23)35-29)34-21-26-11-6-10-25(31-26)20-32(18-22-7-2-1-3-8-22)19-24-9-4-5-16-30-24;;;;/h2*1-17H,18-21H2;2*1H;;/q;;;;2*+2/p-2. The van der Waals surface area contributed by atoms with Gasteiger partial charge in [-0.25, -0.2) is 9.59 Å². The monoisotopic (exact) mass is 1120 g/mol. The molecule has 12 nitrogen and oxygen atoms in total. The predicted octanol–water partition coefficient (Wildman–Crippen LogP) is 12.1. The second kappa shape index (κ2) is 29.1. The van der Waals surface area contributed by atoms with Crippen LogP contribution in [0.3, 0.4) is 0 Å². The maximum atomic E-state index is 11.5. The molecule has 0 spiro atoms. The van der Waals surface area contributed by atoms with E-state index in [1.165, 1.54) is 23.3 Å². The molecule has 0 unspecified atom stereocenters. The van der Waals surface area contributed by atoms with Crippen LogP contribution in [0.2, 0.25) is 0 Å². The van der Waals surface area contributed by atoms with Gasteiger partial charge in [-0.3, -0.25) is 29.7 Å². The Balaban J connectivity index is 0.000000203. The SMILES string of the molecule is O=c1ccc2ccc(OCc3cccc(CN(Cc4ccccc4)Cc4ccccn4)n3)cc2o1.O=c1ccc2ccc(OCc3cccc(CN(Cc4ccccc4)Cc4ccccn4)n3)cc2o1.[Cl][Cu][Cl].[Cu+2]. The summed E-state index contributed by atoms with van der Waals surface area (Å²) in [4.78, 5) is 46.3. The van der Waals surface area contributed by atoms with Crippen molar-refractivity contribution in [2.24, 2.45) is 0 Å². The van der Waals surface area contributed by atoms with Gasteiger partial charge in [0.25, 0.3) is 0 Å². The van der Waals surface area contributed by atoms with Gasteiger partial charge >= 0.3 is 61.6 Å². The molecular weight excluding hydrogens is 1070 g/mol. The van der Waals surface area contributed by atoms with Gasteiger partial charge in [-0.2, -0.15) is 0 Å². The van der Waals surface area contributed by atoms with Crippen molar-refractivity contribution in [3.63, 3.8) is 0 Å². The van der Waals surface area contributed by atoms with Crippen LogP contribution in [-0.4, -0.2) is 29.7 Å². The van der Waals surface area contributed by atoms with Crippen LogP contribution in [0.25, 0.3) is 21.9 Å². The maximum absolute atomic E-state index is 11.5. The van der Waals surface area contributed by atoms with E-state index in [1.54, 1.807) is 24.3 Å². The summed E-state index contributed by atoms with van der Waals surface area (Å²) >= 11 is 0.757. The van der Waals surface area contributed by atoms with E-state index in [0.717, 1.165) is 84.2 Å². The number of benzene rings is 4. The Morgan fingerprint density at radius 1 is 0.419 bits per heavy atom. The summed E-state index contributed by atoms with van der Waals surface area (Å²) in [6.45, 7) is 5.02. The smallest absolute Gasteiger partial charge is 2.00 e. The molecule has 0 aliphatic carbocycles. The molecule has 0 N–H and O–H groups in total. The predicted molar refractivity (Wildman–Crippen MR) is 281 cm³/mol. The second-order valence-electron chi connectivity index (χ2n) is 16.7. The molecule has 6 heterocycles. The molecule has 10 aromatic rings. The number of rotatable bonds is 18. The zero-order valence-electron chi connectivity index (χ0n) is 39.8. The van der Waals surface area contributed by atoms with Gasteiger partial charge in [-0.1, -0.05) is 84.9 Å². The van der Waals surface area contributed by atoms with Crippen LogP contribution in [0, 0.1) is 0 Å². The molecule has 74 heavy (non-hydrogen) atoms.